The Morgan fingerprint density at radius 2 is 1.89 bits per heavy atom. The molecule has 2 N–H and O–H groups in total. The van der Waals surface area contributed by atoms with Crippen molar-refractivity contribution in [2.24, 2.45) is 5.92 Å². The second-order valence-electron chi connectivity index (χ2n) is 7.06. The van der Waals surface area contributed by atoms with Gasteiger partial charge in [-0.25, -0.2) is 4.79 Å². The lowest BCUT2D eigenvalue weighted by atomic mass is 10.1. The molecule has 1 saturated carbocycles. The average molecular weight is 369 g/mol. The third kappa shape index (κ3) is 4.49. The lowest BCUT2D eigenvalue weighted by Crippen LogP contribution is -2.40. The number of ether oxygens (including phenoxy) is 1. The lowest BCUT2D eigenvalue weighted by Gasteiger charge is -2.25. The van der Waals surface area contributed by atoms with Gasteiger partial charge in [-0.1, -0.05) is 6.07 Å². The smallest absolute Gasteiger partial charge is 0.322 e. The van der Waals surface area contributed by atoms with E-state index in [9.17, 15) is 9.59 Å². The lowest BCUT2D eigenvalue weighted by molar-refractivity contribution is 0.0996. The molecule has 2 heterocycles. The Balaban J connectivity index is 1.39. The van der Waals surface area contributed by atoms with Gasteiger partial charge >= 0.3 is 6.03 Å². The van der Waals surface area contributed by atoms with Crippen LogP contribution >= 0.6 is 0 Å². The molecule has 7 nitrogen and oxygen atoms in total. The number of hydrogen-bond donors (Lipinski definition) is 2. The fourth-order valence-electron chi connectivity index (χ4n) is 3.26. The van der Waals surface area contributed by atoms with E-state index in [1.807, 2.05) is 11.0 Å². The molecule has 142 valence electrons. The highest BCUT2D eigenvalue weighted by molar-refractivity contribution is 6.02. The molecule has 0 bridgehead atoms. The van der Waals surface area contributed by atoms with Crippen molar-refractivity contribution in [3.8, 4) is 0 Å². The van der Waals surface area contributed by atoms with Gasteiger partial charge in [-0.2, -0.15) is 0 Å². The van der Waals surface area contributed by atoms with Gasteiger partial charge in [0.2, 0.25) is 0 Å². The van der Waals surface area contributed by atoms with E-state index in [1.165, 1.54) is 6.26 Å². The van der Waals surface area contributed by atoms with Gasteiger partial charge in [0.05, 0.1) is 12.9 Å². The van der Waals surface area contributed by atoms with E-state index in [2.05, 4.69) is 10.6 Å². The van der Waals surface area contributed by atoms with E-state index in [0.29, 0.717) is 23.3 Å². The Kier molecular flexibility index (Phi) is 5.11. The van der Waals surface area contributed by atoms with Crippen LogP contribution in [0.4, 0.5) is 16.2 Å². The van der Waals surface area contributed by atoms with Crippen LogP contribution in [0.15, 0.2) is 47.1 Å². The SMILES string of the molecule is O=C(Nc1cccc(NC(=O)N(C[C@@H]2CCOC2)C2CC2)c1)c1ccco1. The Morgan fingerprint density at radius 3 is 2.56 bits per heavy atom. The molecule has 1 aliphatic heterocycles. The first-order valence-corrected chi connectivity index (χ1v) is 9.29. The minimum absolute atomic E-state index is 0.0982. The maximum Gasteiger partial charge on any atom is 0.322 e. The van der Waals surface area contributed by atoms with Crippen molar-refractivity contribution in [1.82, 2.24) is 4.90 Å². The highest BCUT2D eigenvalue weighted by atomic mass is 16.5. The average Bonchev–Trinajstić information content (AvgIpc) is 3.12. The van der Waals surface area contributed by atoms with Crippen LogP contribution < -0.4 is 10.6 Å². The number of amides is 3. The first-order valence-electron chi connectivity index (χ1n) is 9.29. The van der Waals surface area contributed by atoms with Crippen LogP contribution in [0, 0.1) is 5.92 Å². The first-order chi connectivity index (χ1) is 13.2. The van der Waals surface area contributed by atoms with E-state index in [-0.39, 0.29) is 17.7 Å². The number of anilines is 2. The summed E-state index contributed by atoms with van der Waals surface area (Å²) >= 11 is 0. The number of nitrogens with zero attached hydrogens (tertiary/aromatic N) is 1. The van der Waals surface area contributed by atoms with Gasteiger partial charge in [0.25, 0.3) is 5.91 Å². The molecule has 0 radical (unpaired) electrons. The van der Waals surface area contributed by atoms with Crippen LogP contribution in [-0.4, -0.2) is 42.6 Å². The summed E-state index contributed by atoms with van der Waals surface area (Å²) in [7, 11) is 0. The number of carbonyl (C=O) groups excluding carboxylic acids is 2. The molecular formula is C20H23N3O4. The van der Waals surface area contributed by atoms with Crippen LogP contribution in [0.25, 0.3) is 0 Å². The number of hydrogen-bond acceptors (Lipinski definition) is 4. The molecule has 4 rings (SSSR count). The van der Waals surface area contributed by atoms with Gasteiger partial charge in [0.1, 0.15) is 0 Å². The molecule has 2 aliphatic rings. The molecule has 2 fully saturated rings. The van der Waals surface area contributed by atoms with Crippen LogP contribution in [0.5, 0.6) is 0 Å². The maximum atomic E-state index is 12.8. The first kappa shape index (κ1) is 17.6. The Hall–Kier alpha value is -2.80. The molecule has 2 aromatic rings. The van der Waals surface area contributed by atoms with Gasteiger partial charge in [-0.05, 0) is 49.6 Å². The molecule has 1 aromatic carbocycles. The second-order valence-corrected chi connectivity index (χ2v) is 7.06. The highest BCUT2D eigenvalue weighted by Crippen LogP contribution is 2.30. The number of carbonyl (C=O) groups is 2. The summed E-state index contributed by atoms with van der Waals surface area (Å²) in [6.07, 6.45) is 4.57. The summed E-state index contributed by atoms with van der Waals surface area (Å²) in [4.78, 5) is 26.8. The molecule has 3 amide bonds. The van der Waals surface area contributed by atoms with Gasteiger partial charge in [0, 0.05) is 36.5 Å². The molecule has 1 aliphatic carbocycles. The maximum absolute atomic E-state index is 12.8. The number of rotatable bonds is 6. The molecule has 0 unspecified atom stereocenters. The number of furan rings is 1. The Labute approximate surface area is 157 Å². The second kappa shape index (κ2) is 7.84. The van der Waals surface area contributed by atoms with Crippen molar-refractivity contribution in [3.63, 3.8) is 0 Å². The molecule has 1 saturated heterocycles. The topological polar surface area (TPSA) is 83.8 Å². The Morgan fingerprint density at radius 1 is 1.07 bits per heavy atom. The van der Waals surface area contributed by atoms with Crippen molar-refractivity contribution in [2.45, 2.75) is 25.3 Å². The quantitative estimate of drug-likeness (QED) is 0.815. The summed E-state index contributed by atoms with van der Waals surface area (Å²) in [5.41, 5.74) is 1.24. The van der Waals surface area contributed by atoms with E-state index >= 15 is 0 Å². The third-order valence-corrected chi connectivity index (χ3v) is 4.84. The molecule has 0 spiro atoms. The van der Waals surface area contributed by atoms with Gasteiger partial charge in [-0.3, -0.25) is 4.79 Å². The summed E-state index contributed by atoms with van der Waals surface area (Å²) in [5.74, 6) is 0.322. The van der Waals surface area contributed by atoms with Crippen LogP contribution in [-0.2, 0) is 4.74 Å². The molecule has 1 atom stereocenters. The summed E-state index contributed by atoms with van der Waals surface area (Å²) in [5, 5.41) is 5.72. The fraction of sp³-hybridized carbons (Fsp3) is 0.400. The summed E-state index contributed by atoms with van der Waals surface area (Å²) in [6.45, 7) is 2.23. The van der Waals surface area contributed by atoms with Crippen molar-refractivity contribution in [3.05, 3.63) is 48.4 Å². The van der Waals surface area contributed by atoms with E-state index in [0.717, 1.165) is 39.0 Å². The van der Waals surface area contributed by atoms with E-state index in [1.54, 1.807) is 30.3 Å². The van der Waals surface area contributed by atoms with Crippen LogP contribution in [0.2, 0.25) is 0 Å². The number of benzene rings is 1. The van der Waals surface area contributed by atoms with Crippen molar-refractivity contribution < 1.29 is 18.7 Å². The predicted molar refractivity (Wildman–Crippen MR) is 101 cm³/mol. The largest absolute Gasteiger partial charge is 0.459 e. The molecular weight excluding hydrogens is 346 g/mol. The molecule has 1 aromatic heterocycles. The van der Waals surface area contributed by atoms with E-state index in [4.69, 9.17) is 9.15 Å². The van der Waals surface area contributed by atoms with Crippen LogP contribution in [0.3, 0.4) is 0 Å². The Bertz CT molecular complexity index is 795. The number of nitrogens with one attached hydrogen (secondary N) is 2. The van der Waals surface area contributed by atoms with Gasteiger partial charge in [0.15, 0.2) is 5.76 Å². The van der Waals surface area contributed by atoms with Crippen molar-refractivity contribution in [2.75, 3.05) is 30.4 Å². The molecule has 7 heteroatoms. The zero-order valence-corrected chi connectivity index (χ0v) is 15.0. The van der Waals surface area contributed by atoms with Crippen molar-refractivity contribution in [1.29, 1.82) is 0 Å². The minimum atomic E-state index is -0.329. The summed E-state index contributed by atoms with van der Waals surface area (Å²) < 4.78 is 10.5. The normalized spacial score (nSPS) is 18.9. The monoisotopic (exact) mass is 369 g/mol. The standard InChI is InChI=1S/C20H23N3O4/c24-19(18-5-2-9-27-18)21-15-3-1-4-16(11-15)22-20(25)23(17-6-7-17)12-14-8-10-26-13-14/h1-5,9,11,14,17H,6-8,10,12-13H2,(H,21,24)(H,22,25)/t14-/m0/s1. The fourth-order valence-corrected chi connectivity index (χ4v) is 3.26. The van der Waals surface area contributed by atoms with Crippen LogP contribution in [0.1, 0.15) is 29.8 Å². The van der Waals surface area contributed by atoms with E-state index < -0.39 is 0 Å². The minimum Gasteiger partial charge on any atom is -0.459 e. The zero-order chi connectivity index (χ0) is 18.6. The molecule has 27 heavy (non-hydrogen) atoms. The van der Waals surface area contributed by atoms with Gasteiger partial charge in [-0.15, -0.1) is 0 Å². The zero-order valence-electron chi connectivity index (χ0n) is 15.0. The van der Waals surface area contributed by atoms with Crippen molar-refractivity contribution >= 4 is 23.3 Å². The van der Waals surface area contributed by atoms with Gasteiger partial charge < -0.3 is 24.7 Å². The predicted octanol–water partition coefficient (Wildman–Crippen LogP) is 3.56. The highest BCUT2D eigenvalue weighted by Gasteiger charge is 2.34. The summed E-state index contributed by atoms with van der Waals surface area (Å²) in [6, 6.07) is 10.6. The number of urea groups is 1. The third-order valence-electron chi connectivity index (χ3n) is 4.84.